The number of nitrogens with zero attached hydrogens (tertiary/aromatic N) is 2. The molecule has 0 saturated heterocycles. The van der Waals surface area contributed by atoms with Gasteiger partial charge in [-0.15, -0.1) is 0 Å². The van der Waals surface area contributed by atoms with Gasteiger partial charge in [0.2, 0.25) is 0 Å². The number of carbonyl (C=O) groups is 1. The maximum Gasteiger partial charge on any atom is 0.296 e. The van der Waals surface area contributed by atoms with Gasteiger partial charge < -0.3 is 21.5 Å². The summed E-state index contributed by atoms with van der Waals surface area (Å²) in [6.45, 7) is 0.937. The standard InChI is InChI=1S/C36H38N6O9S2/c1-42(18-8-4-2-3-5-9-25(43)21-37)24-15-12-22(13-16-24)40-41-23-14-17-28(30(19-23)52(46,47)48)39-29-20-31(53(49,50)51)34(38)33-32(29)35(44)26-10-6-7-11-27(26)36(33)45/h6-7,10-17,19-20,38,40-41H,2-5,8-9,18,21,37H2,1H3,(H,46,47,48)(H,49,50,51). The maximum absolute atomic E-state index is 13.6. The molecule has 0 amide bonds. The summed E-state index contributed by atoms with van der Waals surface area (Å²) in [5.41, 5.74) is 10.8. The smallest absolute Gasteiger partial charge is 0.296 e. The Morgan fingerprint density at radius 1 is 0.774 bits per heavy atom. The summed E-state index contributed by atoms with van der Waals surface area (Å²) in [6.07, 6.45) is 5.45. The molecule has 2 aliphatic rings. The molecule has 0 unspecified atom stereocenters. The number of ketones is 1. The third kappa shape index (κ3) is 9.01. The summed E-state index contributed by atoms with van der Waals surface area (Å²) in [5, 5.41) is 5.74. The van der Waals surface area contributed by atoms with Crippen molar-refractivity contribution < 1.29 is 30.7 Å². The van der Waals surface area contributed by atoms with Crippen molar-refractivity contribution in [2.45, 2.75) is 48.3 Å². The van der Waals surface area contributed by atoms with E-state index < -0.39 is 67.7 Å². The highest BCUT2D eigenvalue weighted by atomic mass is 32.2. The Bertz CT molecular complexity index is 2700. The highest BCUT2D eigenvalue weighted by Gasteiger charge is 2.21. The first-order valence-electron chi connectivity index (χ1n) is 16.6. The molecule has 0 fully saturated rings. The van der Waals surface area contributed by atoms with Crippen LogP contribution in [0.15, 0.2) is 97.2 Å². The predicted octanol–water partition coefficient (Wildman–Crippen LogP) is 3.11. The second kappa shape index (κ2) is 16.1. The number of Topliss-reactive ketones (excluding diaryl/α,β-unsaturated/α-hetero) is 1. The van der Waals surface area contributed by atoms with Gasteiger partial charge in [0.25, 0.3) is 20.2 Å². The fourth-order valence-corrected chi connectivity index (χ4v) is 7.21. The summed E-state index contributed by atoms with van der Waals surface area (Å²) >= 11 is 0. The fraction of sp³-hybridized carbons (Fsp3) is 0.250. The van der Waals surface area contributed by atoms with Crippen LogP contribution in [0, 0.1) is 15.8 Å². The maximum atomic E-state index is 13.6. The lowest BCUT2D eigenvalue weighted by Crippen LogP contribution is -2.32. The molecule has 3 aromatic carbocycles. The van der Waals surface area contributed by atoms with Crippen molar-refractivity contribution >= 4 is 59.5 Å². The number of anilines is 3. The molecule has 0 saturated carbocycles. The molecule has 7 N–H and O–H groups in total. The predicted molar refractivity (Wildman–Crippen MR) is 200 cm³/mol. The number of hydrogen-bond acceptors (Lipinski definition) is 13. The van der Waals surface area contributed by atoms with Gasteiger partial charge in [-0.3, -0.25) is 28.9 Å². The Hall–Kier alpha value is -5.33. The zero-order chi connectivity index (χ0) is 38.5. The number of benzene rings is 3. The lowest BCUT2D eigenvalue weighted by Gasteiger charge is -2.20. The Morgan fingerprint density at radius 3 is 1.96 bits per heavy atom. The van der Waals surface area contributed by atoms with Gasteiger partial charge in [-0.05, 0) is 61.4 Å². The average Bonchev–Trinajstić information content (AvgIpc) is 3.12. The Labute approximate surface area is 304 Å². The lowest BCUT2D eigenvalue weighted by molar-refractivity contribution is -0.117. The third-order valence-corrected chi connectivity index (χ3v) is 10.5. The number of hydrazine groups is 1. The molecule has 278 valence electrons. The summed E-state index contributed by atoms with van der Waals surface area (Å²) in [4.78, 5) is 42.9. The molecule has 0 aliphatic heterocycles. The Kier molecular flexibility index (Phi) is 11.8. The summed E-state index contributed by atoms with van der Waals surface area (Å²) in [6, 6.07) is 17.5. The van der Waals surface area contributed by atoms with Crippen LogP contribution in [0.2, 0.25) is 0 Å². The van der Waals surface area contributed by atoms with Gasteiger partial charge in [0.1, 0.15) is 15.6 Å². The quantitative estimate of drug-likeness (QED) is 0.0481. The van der Waals surface area contributed by atoms with E-state index in [2.05, 4.69) is 20.7 Å². The van der Waals surface area contributed by atoms with Gasteiger partial charge in [-0.25, -0.2) is 4.99 Å². The molecule has 5 rings (SSSR count). The van der Waals surface area contributed by atoms with Crippen molar-refractivity contribution in [3.05, 3.63) is 114 Å². The number of fused-ring (bicyclic) bond motifs is 1. The largest absolute Gasteiger partial charge is 0.375 e. The molecule has 0 heterocycles. The second-order valence-corrected chi connectivity index (χ2v) is 15.2. The first-order valence-corrected chi connectivity index (χ1v) is 19.4. The highest BCUT2D eigenvalue weighted by molar-refractivity contribution is 7.86. The van der Waals surface area contributed by atoms with Gasteiger partial charge in [-0.2, -0.15) is 16.8 Å². The highest BCUT2D eigenvalue weighted by Crippen LogP contribution is 2.28. The van der Waals surface area contributed by atoms with Crippen molar-refractivity contribution in [3.8, 4) is 0 Å². The van der Waals surface area contributed by atoms with Crippen molar-refractivity contribution in [3.63, 3.8) is 0 Å². The monoisotopic (exact) mass is 762 g/mol. The zero-order valence-electron chi connectivity index (χ0n) is 28.6. The molecular formula is C36H38N6O9S2. The van der Waals surface area contributed by atoms with E-state index in [1.54, 1.807) is 0 Å². The minimum Gasteiger partial charge on any atom is -0.375 e. The first kappa shape index (κ1) is 38.9. The molecule has 0 radical (unpaired) electrons. The van der Waals surface area contributed by atoms with Crippen LogP contribution in [0.3, 0.4) is 0 Å². The number of nitrogens with two attached hydrogens (primary N) is 1. The molecule has 0 atom stereocenters. The molecule has 3 aromatic rings. The number of unbranched alkanes of at least 4 members (excludes halogenated alkanes) is 4. The third-order valence-electron chi connectivity index (χ3n) is 8.73. The van der Waals surface area contributed by atoms with Crippen LogP contribution in [0.25, 0.3) is 10.8 Å². The van der Waals surface area contributed by atoms with Crippen LogP contribution in [0.5, 0.6) is 0 Å². The molecule has 15 nitrogen and oxygen atoms in total. The van der Waals surface area contributed by atoms with Crippen LogP contribution < -0.4 is 43.1 Å². The second-order valence-electron chi connectivity index (χ2n) is 12.4. The van der Waals surface area contributed by atoms with Gasteiger partial charge in [0.15, 0.2) is 10.9 Å². The van der Waals surface area contributed by atoms with E-state index in [0.29, 0.717) is 18.2 Å². The van der Waals surface area contributed by atoms with E-state index in [-0.39, 0.29) is 28.8 Å². The minimum absolute atomic E-state index is 0.0402. The molecule has 17 heteroatoms. The van der Waals surface area contributed by atoms with Crippen molar-refractivity contribution in [2.75, 3.05) is 35.9 Å². The van der Waals surface area contributed by atoms with Crippen LogP contribution >= 0.6 is 0 Å². The van der Waals surface area contributed by atoms with E-state index in [1.807, 2.05) is 31.3 Å². The zero-order valence-corrected chi connectivity index (χ0v) is 30.3. The minimum atomic E-state index is -5.11. The van der Waals surface area contributed by atoms with Crippen LogP contribution in [-0.2, 0) is 25.0 Å². The van der Waals surface area contributed by atoms with Gasteiger partial charge in [0.05, 0.1) is 44.8 Å². The first-order chi connectivity index (χ1) is 25.1. The number of carbonyl (C=O) groups excluding carboxylic acids is 1. The molecule has 0 spiro atoms. The normalized spacial score (nSPS) is 12.3. The summed E-state index contributed by atoms with van der Waals surface area (Å²) in [5.74, 6) is 0.0875. The SMILES string of the molecule is CN(CCCCCCCC(=O)CN)c1ccc(NNc2ccc(N=c3cc(S(=O)(=O)O)c(=N)c4c(=O)c5ccccc5c(=O)c3=4)c(S(=O)(=O)O)c2)cc1. The summed E-state index contributed by atoms with van der Waals surface area (Å²) < 4.78 is 69.5. The van der Waals surface area contributed by atoms with E-state index in [9.17, 15) is 40.3 Å². The average molecular weight is 763 g/mol. The number of hydrogen-bond donors (Lipinski definition) is 6. The van der Waals surface area contributed by atoms with Crippen molar-refractivity contribution in [1.29, 1.82) is 5.41 Å². The molecule has 2 aliphatic carbocycles. The molecular weight excluding hydrogens is 725 g/mol. The molecule has 0 aromatic heterocycles. The van der Waals surface area contributed by atoms with Gasteiger partial charge in [-0.1, -0.05) is 43.5 Å². The van der Waals surface area contributed by atoms with E-state index in [1.165, 1.54) is 36.4 Å². The van der Waals surface area contributed by atoms with Crippen LogP contribution in [0.4, 0.5) is 22.7 Å². The molecule has 53 heavy (non-hydrogen) atoms. The fourth-order valence-electron chi connectivity index (χ4n) is 5.94. The van der Waals surface area contributed by atoms with Gasteiger partial charge >= 0.3 is 0 Å². The van der Waals surface area contributed by atoms with E-state index in [0.717, 1.165) is 50.4 Å². The Morgan fingerprint density at radius 2 is 1.34 bits per heavy atom. The van der Waals surface area contributed by atoms with Crippen molar-refractivity contribution in [1.82, 2.24) is 0 Å². The van der Waals surface area contributed by atoms with Crippen LogP contribution in [0.1, 0.15) is 38.5 Å². The number of rotatable bonds is 16. The van der Waals surface area contributed by atoms with Crippen molar-refractivity contribution in [2.24, 2.45) is 10.7 Å². The molecule has 0 bridgehead atoms. The lowest BCUT2D eigenvalue weighted by atomic mass is 10.0. The van der Waals surface area contributed by atoms with E-state index >= 15 is 0 Å². The van der Waals surface area contributed by atoms with E-state index in [4.69, 9.17) is 11.1 Å². The topological polar surface area (TPSA) is 249 Å². The van der Waals surface area contributed by atoms with Gasteiger partial charge in [0, 0.05) is 36.5 Å². The number of nitrogens with one attached hydrogen (secondary N) is 3. The summed E-state index contributed by atoms with van der Waals surface area (Å²) in [7, 11) is -8.10. The Balaban J connectivity index is 1.39. The van der Waals surface area contributed by atoms with Crippen LogP contribution in [-0.4, -0.2) is 51.9 Å².